The van der Waals surface area contributed by atoms with E-state index in [-0.39, 0.29) is 12.3 Å². The van der Waals surface area contributed by atoms with E-state index >= 15 is 0 Å². The Hall–Kier alpha value is -1.14. The molecule has 3 N–H and O–H groups in total. The number of nitrogens with one attached hydrogen (secondary N) is 2. The van der Waals surface area contributed by atoms with Crippen LogP contribution in [0, 0.1) is 0 Å². The third kappa shape index (κ3) is 7.19. The number of rotatable bonds is 9. The Morgan fingerprint density at radius 3 is 2.56 bits per heavy atom. The predicted molar refractivity (Wildman–Crippen MR) is 59.2 cm³/mol. The van der Waals surface area contributed by atoms with Gasteiger partial charge in [-0.3, -0.25) is 9.59 Å². The Bertz CT molecular complexity index is 221. The molecule has 0 rings (SSSR count). The maximum Gasteiger partial charge on any atom is 0.320 e. The maximum absolute atomic E-state index is 11.2. The molecule has 0 radical (unpaired) electrons. The second-order valence-corrected chi connectivity index (χ2v) is 3.35. The molecule has 1 amide bonds. The van der Waals surface area contributed by atoms with Crippen LogP contribution in [-0.4, -0.2) is 49.8 Å². The number of hydrogen-bond acceptors (Lipinski definition) is 4. The molecular weight excluding hydrogens is 212 g/mol. The fourth-order valence-corrected chi connectivity index (χ4v) is 1.15. The topological polar surface area (TPSA) is 87.7 Å². The quantitative estimate of drug-likeness (QED) is 0.470. The summed E-state index contributed by atoms with van der Waals surface area (Å²) in [6, 6.07) is -0.577. The zero-order valence-electron chi connectivity index (χ0n) is 9.78. The fraction of sp³-hybridized carbons (Fsp3) is 0.800. The molecule has 0 bridgehead atoms. The summed E-state index contributed by atoms with van der Waals surface area (Å²) < 4.78 is 4.78. The summed E-state index contributed by atoms with van der Waals surface area (Å²) in [7, 11) is 1.56. The van der Waals surface area contributed by atoms with Crippen molar-refractivity contribution < 1.29 is 19.4 Å². The standard InChI is InChI=1S/C10H20N2O4/c1-3-8(10(14)15)11-5-4-9(13)12-6-7-16-2/h8,11H,3-7H2,1-2H3,(H,12,13)(H,14,15). The molecule has 0 heterocycles. The number of carbonyl (C=O) groups excluding carboxylic acids is 1. The first kappa shape index (κ1) is 14.9. The minimum atomic E-state index is -0.887. The maximum atomic E-state index is 11.2. The van der Waals surface area contributed by atoms with Crippen molar-refractivity contribution in [3.8, 4) is 0 Å². The van der Waals surface area contributed by atoms with Crippen molar-refractivity contribution in [3.05, 3.63) is 0 Å². The van der Waals surface area contributed by atoms with Crippen LogP contribution in [0.5, 0.6) is 0 Å². The molecule has 0 aromatic rings. The minimum absolute atomic E-state index is 0.107. The highest BCUT2D eigenvalue weighted by molar-refractivity contribution is 5.76. The van der Waals surface area contributed by atoms with Crippen molar-refractivity contribution in [2.24, 2.45) is 0 Å². The van der Waals surface area contributed by atoms with Crippen LogP contribution in [-0.2, 0) is 14.3 Å². The SMILES string of the molecule is CCC(NCCC(=O)NCCOC)C(=O)O. The van der Waals surface area contributed by atoms with Gasteiger partial charge in [-0.25, -0.2) is 0 Å². The molecule has 0 aromatic carbocycles. The van der Waals surface area contributed by atoms with Gasteiger partial charge < -0.3 is 20.5 Å². The molecule has 1 unspecified atom stereocenters. The summed E-state index contributed by atoms with van der Waals surface area (Å²) in [5, 5.41) is 14.2. The van der Waals surface area contributed by atoms with Crippen molar-refractivity contribution in [3.63, 3.8) is 0 Å². The Labute approximate surface area is 95.4 Å². The largest absolute Gasteiger partial charge is 0.480 e. The van der Waals surface area contributed by atoms with Crippen LogP contribution in [0.2, 0.25) is 0 Å². The van der Waals surface area contributed by atoms with E-state index in [0.717, 1.165) is 0 Å². The lowest BCUT2D eigenvalue weighted by Gasteiger charge is -2.11. The zero-order valence-corrected chi connectivity index (χ0v) is 9.78. The average Bonchev–Trinajstić information content (AvgIpc) is 2.24. The summed E-state index contributed by atoms with van der Waals surface area (Å²) in [5.74, 6) is -0.993. The Morgan fingerprint density at radius 1 is 1.38 bits per heavy atom. The van der Waals surface area contributed by atoms with Gasteiger partial charge in [0, 0.05) is 26.6 Å². The van der Waals surface area contributed by atoms with Gasteiger partial charge in [-0.1, -0.05) is 6.92 Å². The van der Waals surface area contributed by atoms with Gasteiger partial charge in [0.15, 0.2) is 0 Å². The van der Waals surface area contributed by atoms with Crippen LogP contribution < -0.4 is 10.6 Å². The van der Waals surface area contributed by atoms with Crippen molar-refractivity contribution in [2.75, 3.05) is 26.8 Å². The minimum Gasteiger partial charge on any atom is -0.480 e. The van der Waals surface area contributed by atoms with E-state index in [1.54, 1.807) is 14.0 Å². The van der Waals surface area contributed by atoms with Crippen LogP contribution in [0.1, 0.15) is 19.8 Å². The van der Waals surface area contributed by atoms with Crippen molar-refractivity contribution >= 4 is 11.9 Å². The number of carboxylic acid groups (broad SMARTS) is 1. The lowest BCUT2D eigenvalue weighted by atomic mass is 10.2. The van der Waals surface area contributed by atoms with Gasteiger partial charge in [-0.15, -0.1) is 0 Å². The smallest absolute Gasteiger partial charge is 0.320 e. The number of methoxy groups -OCH3 is 1. The van der Waals surface area contributed by atoms with Gasteiger partial charge in [0.1, 0.15) is 6.04 Å². The molecule has 0 fully saturated rings. The molecule has 6 heteroatoms. The molecule has 0 saturated carbocycles. The van der Waals surface area contributed by atoms with Crippen molar-refractivity contribution in [1.29, 1.82) is 0 Å². The van der Waals surface area contributed by atoms with E-state index in [0.29, 0.717) is 26.1 Å². The molecule has 0 aromatic heterocycles. The first-order chi connectivity index (χ1) is 7.61. The predicted octanol–water partition coefficient (Wildman–Crippen LogP) is -0.408. The van der Waals surface area contributed by atoms with Crippen LogP contribution in [0.3, 0.4) is 0 Å². The highest BCUT2D eigenvalue weighted by Crippen LogP contribution is 1.90. The second-order valence-electron chi connectivity index (χ2n) is 3.35. The van der Waals surface area contributed by atoms with Crippen molar-refractivity contribution in [1.82, 2.24) is 10.6 Å². The van der Waals surface area contributed by atoms with Gasteiger partial charge in [0.25, 0.3) is 0 Å². The van der Waals surface area contributed by atoms with Crippen LogP contribution in [0.15, 0.2) is 0 Å². The number of carbonyl (C=O) groups is 2. The Morgan fingerprint density at radius 2 is 2.06 bits per heavy atom. The summed E-state index contributed by atoms with van der Waals surface area (Å²) >= 11 is 0. The molecule has 6 nitrogen and oxygen atoms in total. The number of ether oxygens (including phenoxy) is 1. The van der Waals surface area contributed by atoms with Crippen LogP contribution in [0.25, 0.3) is 0 Å². The fourth-order valence-electron chi connectivity index (χ4n) is 1.15. The molecule has 1 atom stereocenters. The van der Waals surface area contributed by atoms with E-state index in [2.05, 4.69) is 10.6 Å². The molecule has 0 aliphatic carbocycles. The molecule has 16 heavy (non-hydrogen) atoms. The van der Waals surface area contributed by atoms with Gasteiger partial charge in [-0.2, -0.15) is 0 Å². The van der Waals surface area contributed by atoms with Crippen LogP contribution in [0.4, 0.5) is 0 Å². The molecule has 0 saturated heterocycles. The molecule has 0 spiro atoms. The summed E-state index contributed by atoms with van der Waals surface area (Å²) in [6.07, 6.45) is 0.772. The Balaban J connectivity index is 3.56. The molecule has 94 valence electrons. The van der Waals surface area contributed by atoms with Gasteiger partial charge in [0.05, 0.1) is 6.61 Å². The first-order valence-electron chi connectivity index (χ1n) is 5.33. The molecular formula is C10H20N2O4. The van der Waals surface area contributed by atoms with Crippen molar-refractivity contribution in [2.45, 2.75) is 25.8 Å². The third-order valence-electron chi connectivity index (χ3n) is 2.08. The summed E-state index contributed by atoms with van der Waals surface area (Å²) in [4.78, 5) is 21.8. The molecule has 0 aliphatic heterocycles. The third-order valence-corrected chi connectivity index (χ3v) is 2.08. The first-order valence-corrected chi connectivity index (χ1v) is 5.33. The van der Waals surface area contributed by atoms with E-state index in [1.165, 1.54) is 0 Å². The number of aliphatic carboxylic acids is 1. The van der Waals surface area contributed by atoms with E-state index < -0.39 is 12.0 Å². The highest BCUT2D eigenvalue weighted by Gasteiger charge is 2.13. The van der Waals surface area contributed by atoms with E-state index in [4.69, 9.17) is 9.84 Å². The molecule has 0 aliphatic rings. The van der Waals surface area contributed by atoms with Crippen LogP contribution >= 0.6 is 0 Å². The summed E-state index contributed by atoms with van der Waals surface area (Å²) in [6.45, 7) is 3.10. The summed E-state index contributed by atoms with van der Waals surface area (Å²) in [5.41, 5.74) is 0. The van der Waals surface area contributed by atoms with Gasteiger partial charge in [-0.05, 0) is 6.42 Å². The zero-order chi connectivity index (χ0) is 12.4. The van der Waals surface area contributed by atoms with Gasteiger partial charge >= 0.3 is 5.97 Å². The highest BCUT2D eigenvalue weighted by atomic mass is 16.5. The lowest BCUT2D eigenvalue weighted by Crippen LogP contribution is -2.38. The van der Waals surface area contributed by atoms with Gasteiger partial charge in [0.2, 0.25) is 5.91 Å². The van der Waals surface area contributed by atoms with E-state index in [9.17, 15) is 9.59 Å². The Kier molecular flexibility index (Phi) is 8.46. The number of amides is 1. The number of hydrogen-bond donors (Lipinski definition) is 3. The number of carboxylic acids is 1. The second kappa shape index (κ2) is 9.11. The lowest BCUT2D eigenvalue weighted by molar-refractivity contribution is -0.139. The van der Waals surface area contributed by atoms with E-state index in [1.807, 2.05) is 0 Å². The average molecular weight is 232 g/mol. The normalized spacial score (nSPS) is 12.1. The monoisotopic (exact) mass is 232 g/mol.